The molecule has 0 heterocycles. The van der Waals surface area contributed by atoms with Crippen LogP contribution in [-0.2, 0) is 29.5 Å². The van der Waals surface area contributed by atoms with Gasteiger partial charge in [0.1, 0.15) is 0 Å². The summed E-state index contributed by atoms with van der Waals surface area (Å²) in [4.78, 5) is 8.11. The van der Waals surface area contributed by atoms with E-state index in [-0.39, 0.29) is 59.1 Å². The van der Waals surface area contributed by atoms with Crippen molar-refractivity contribution in [2.75, 3.05) is 0 Å². The average molecular weight is 285 g/mol. The van der Waals surface area contributed by atoms with Crippen LogP contribution < -0.4 is 59.1 Å². The summed E-state index contributed by atoms with van der Waals surface area (Å²) in [6, 6.07) is 0. The molecular formula is HNNa2O10S2. The van der Waals surface area contributed by atoms with E-state index >= 15 is 0 Å². The minimum Gasteiger partial charge on any atom is -0.724 e. The molecule has 0 aliphatic carbocycles. The maximum absolute atomic E-state index is 9.37. The van der Waals surface area contributed by atoms with Crippen LogP contribution in [0.25, 0.3) is 0 Å². The summed E-state index contributed by atoms with van der Waals surface area (Å²) in [5.41, 5.74) is 0. The molecule has 0 saturated heterocycles. The molecule has 0 spiro atoms. The topological polar surface area (TPSA) is 183 Å². The van der Waals surface area contributed by atoms with Crippen molar-refractivity contribution in [1.82, 2.24) is 0 Å². The van der Waals surface area contributed by atoms with Crippen LogP contribution in [0.3, 0.4) is 0 Å². The first-order chi connectivity index (χ1) is 5.62. The predicted molar refractivity (Wildman–Crippen MR) is 29.1 cm³/mol. The Morgan fingerprint density at radius 2 is 1.07 bits per heavy atom. The molecule has 0 aromatic rings. The van der Waals surface area contributed by atoms with Gasteiger partial charge in [-0.25, -0.2) is 16.8 Å². The molecule has 0 amide bonds. The molecule has 11 nitrogen and oxygen atoms in total. The molecule has 0 aromatic heterocycles. The summed E-state index contributed by atoms with van der Waals surface area (Å²) in [6.45, 7) is 0. The molecule has 0 bridgehead atoms. The first-order valence-electron chi connectivity index (χ1n) is 1.88. The van der Waals surface area contributed by atoms with Crippen molar-refractivity contribution in [2.24, 2.45) is 5.34 Å². The Morgan fingerprint density at radius 3 is 1.13 bits per heavy atom. The van der Waals surface area contributed by atoms with Gasteiger partial charge in [0.25, 0.3) is 0 Å². The van der Waals surface area contributed by atoms with E-state index in [0.29, 0.717) is 0 Å². The van der Waals surface area contributed by atoms with E-state index in [2.05, 4.69) is 8.67 Å². The summed E-state index contributed by atoms with van der Waals surface area (Å²) in [5, 5.41) is 7.89. The fourth-order valence-electron chi connectivity index (χ4n) is 0.0680. The molecule has 15 heavy (non-hydrogen) atoms. The molecule has 0 fully saturated rings. The van der Waals surface area contributed by atoms with Crippen molar-refractivity contribution in [3.8, 4) is 0 Å². The Morgan fingerprint density at radius 1 is 0.933 bits per heavy atom. The first kappa shape index (κ1) is 25.1. The van der Waals surface area contributed by atoms with Crippen LogP contribution in [0.15, 0.2) is 5.34 Å². The second-order valence-corrected chi connectivity index (χ2v) is 2.94. The third-order valence-corrected chi connectivity index (χ3v) is 0.750. The van der Waals surface area contributed by atoms with E-state index in [4.69, 9.17) is 10.1 Å². The molecule has 1 N–H and O–H groups in total. The third-order valence-electron chi connectivity index (χ3n) is 0.194. The Labute approximate surface area is 128 Å². The van der Waals surface area contributed by atoms with Crippen molar-refractivity contribution in [3.63, 3.8) is 0 Å². The van der Waals surface area contributed by atoms with Gasteiger partial charge < -0.3 is 14.3 Å². The fourth-order valence-corrected chi connectivity index (χ4v) is 0.612. The molecule has 0 aromatic carbocycles. The fraction of sp³-hybridized carbons (Fsp3) is 0. The zero-order valence-corrected chi connectivity index (χ0v) is 13.0. The van der Waals surface area contributed by atoms with Crippen molar-refractivity contribution in [2.45, 2.75) is 0 Å². The van der Waals surface area contributed by atoms with Gasteiger partial charge in [-0.15, -0.1) is 13.6 Å². The molecule has 0 rings (SSSR count). The van der Waals surface area contributed by atoms with Gasteiger partial charge in [0, 0.05) is 0 Å². The number of rotatable bonds is 3. The Kier molecular flexibility index (Phi) is 19.4. The Hall–Kier alpha value is 1.14. The maximum Gasteiger partial charge on any atom is 1.00 e. The zero-order valence-electron chi connectivity index (χ0n) is 7.39. The van der Waals surface area contributed by atoms with Crippen LogP contribution in [0.5, 0.6) is 0 Å². The van der Waals surface area contributed by atoms with E-state index in [0.717, 1.165) is 0 Å². The summed E-state index contributed by atoms with van der Waals surface area (Å²) < 4.78 is 61.5. The number of hydrogen-bond acceptors (Lipinski definition) is 10. The summed E-state index contributed by atoms with van der Waals surface area (Å²) in [6.07, 6.45) is 0. The third kappa shape index (κ3) is 39.5. The second-order valence-electron chi connectivity index (χ2n) is 1.03. The Bertz CT molecular complexity index is 294. The first-order valence-corrected chi connectivity index (χ1v) is 4.55. The molecular weight excluding hydrogens is 284 g/mol. The summed E-state index contributed by atoms with van der Waals surface area (Å²) in [7, 11) is -10.6. The van der Waals surface area contributed by atoms with Gasteiger partial charge >= 0.3 is 59.1 Å². The standard InChI is InChI=1S/HNO2.2Na.H2O8S2/c2-1-3;;;1-9(2,3)7-8-10(4,5)6/h(H,2,3);;;(H,1,2,3)(H,4,5,6)/q;2*+1;/p-2. The molecule has 0 aliphatic heterocycles. The maximum atomic E-state index is 9.37. The van der Waals surface area contributed by atoms with Gasteiger partial charge in [0.15, 0.2) is 5.34 Å². The quantitative estimate of drug-likeness (QED) is 0.130. The molecule has 0 saturated carbocycles. The van der Waals surface area contributed by atoms with E-state index in [9.17, 15) is 25.9 Å². The smallest absolute Gasteiger partial charge is 0.724 e. The van der Waals surface area contributed by atoms with Gasteiger partial charge in [0.05, 0.1) is 0 Å². The van der Waals surface area contributed by atoms with Gasteiger partial charge in [-0.05, 0) is 0 Å². The van der Waals surface area contributed by atoms with Crippen LogP contribution in [0.4, 0.5) is 0 Å². The number of hydrogen-bond donors (Lipinski definition) is 1. The molecule has 0 radical (unpaired) electrons. The summed E-state index contributed by atoms with van der Waals surface area (Å²) in [5.74, 6) is 0. The van der Waals surface area contributed by atoms with Crippen LogP contribution in [0, 0.1) is 4.91 Å². The molecule has 0 aliphatic rings. The van der Waals surface area contributed by atoms with Crippen molar-refractivity contribution >= 4 is 20.8 Å². The normalized spacial score (nSPS) is 9.73. The molecule has 15 heteroatoms. The van der Waals surface area contributed by atoms with Crippen molar-refractivity contribution in [3.05, 3.63) is 4.91 Å². The van der Waals surface area contributed by atoms with E-state index in [1.165, 1.54) is 5.34 Å². The van der Waals surface area contributed by atoms with Gasteiger partial charge in [-0.3, -0.25) is 0 Å². The van der Waals surface area contributed by atoms with Crippen molar-refractivity contribution < 1.29 is 98.9 Å². The monoisotopic (exact) mass is 285 g/mol. The zero-order chi connectivity index (χ0) is 11.1. The van der Waals surface area contributed by atoms with Crippen LogP contribution in [0.1, 0.15) is 0 Å². The van der Waals surface area contributed by atoms with Crippen molar-refractivity contribution in [1.29, 1.82) is 0 Å². The van der Waals surface area contributed by atoms with Gasteiger partial charge in [0.2, 0.25) is 20.8 Å². The minimum absolute atomic E-state index is 0. The molecule has 0 atom stereocenters. The van der Waals surface area contributed by atoms with E-state index in [1.54, 1.807) is 0 Å². The predicted octanol–water partition coefficient (Wildman–Crippen LogP) is -7.99. The SMILES string of the molecule is O=NO.O=S(=O)([O-])OOS(=O)(=O)[O-].[Na+].[Na+]. The van der Waals surface area contributed by atoms with E-state index < -0.39 is 20.8 Å². The minimum atomic E-state index is -5.31. The van der Waals surface area contributed by atoms with Crippen LogP contribution >= 0.6 is 0 Å². The van der Waals surface area contributed by atoms with Gasteiger partial charge in [-0.2, -0.15) is 0 Å². The van der Waals surface area contributed by atoms with Gasteiger partial charge in [-0.1, -0.05) is 0 Å². The Balaban J connectivity index is -0.000000108. The largest absolute Gasteiger partial charge is 1.00 e. The molecule has 0 unspecified atom stereocenters. The second kappa shape index (κ2) is 11.6. The molecule has 80 valence electrons. The van der Waals surface area contributed by atoms with E-state index in [1.807, 2.05) is 0 Å². The van der Waals surface area contributed by atoms with Crippen LogP contribution in [-0.4, -0.2) is 31.1 Å². The average Bonchev–Trinajstić information content (AvgIpc) is 1.82. The van der Waals surface area contributed by atoms with Crippen LogP contribution in [0.2, 0.25) is 0 Å². The summed E-state index contributed by atoms with van der Waals surface area (Å²) >= 11 is 0. The number of nitrogens with zero attached hydrogens (tertiary/aromatic N) is 1.